The Labute approximate surface area is 170 Å². The molecule has 0 fully saturated rings. The van der Waals surface area contributed by atoms with Crippen LogP contribution in [0.25, 0.3) is 10.9 Å². The van der Waals surface area contributed by atoms with Gasteiger partial charge in [0.2, 0.25) is 0 Å². The lowest BCUT2D eigenvalue weighted by Crippen LogP contribution is -2.11. The van der Waals surface area contributed by atoms with E-state index in [2.05, 4.69) is 0 Å². The Balaban J connectivity index is 0.00000145. The number of benzene rings is 2. The summed E-state index contributed by atoms with van der Waals surface area (Å²) in [4.78, 5) is 12.0. The van der Waals surface area contributed by atoms with E-state index in [9.17, 15) is 14.3 Å². The van der Waals surface area contributed by atoms with Gasteiger partial charge in [0.05, 0.1) is 5.52 Å². The molecule has 29 heavy (non-hydrogen) atoms. The average Bonchev–Trinajstić information content (AvgIpc) is 3.04. The van der Waals surface area contributed by atoms with Crippen LogP contribution in [0.2, 0.25) is 0 Å². The lowest BCUT2D eigenvalue weighted by atomic mass is 10.2. The number of hydrogen-bond acceptors (Lipinski definition) is 3. The molecule has 0 spiro atoms. The first-order valence-corrected chi connectivity index (χ1v) is 9.82. The fourth-order valence-electron chi connectivity index (χ4n) is 3.13. The first-order valence-electron chi connectivity index (χ1n) is 9.82. The van der Waals surface area contributed by atoms with Crippen LogP contribution in [-0.2, 0) is 17.9 Å². The maximum atomic E-state index is 13.8. The third-order valence-corrected chi connectivity index (χ3v) is 4.39. The van der Waals surface area contributed by atoms with E-state index < -0.39 is 11.8 Å². The minimum atomic E-state index is -1.10. The van der Waals surface area contributed by atoms with E-state index >= 15 is 0 Å². The van der Waals surface area contributed by atoms with Gasteiger partial charge >= 0.3 is 5.97 Å². The van der Waals surface area contributed by atoms with Crippen molar-refractivity contribution in [1.82, 2.24) is 4.57 Å². The van der Waals surface area contributed by atoms with Gasteiger partial charge in [-0.15, -0.1) is 0 Å². The van der Waals surface area contributed by atoms with Crippen LogP contribution in [-0.4, -0.2) is 29.4 Å². The van der Waals surface area contributed by atoms with Crippen LogP contribution in [0.1, 0.15) is 42.7 Å². The Morgan fingerprint density at radius 1 is 1.10 bits per heavy atom. The Morgan fingerprint density at radius 3 is 2.48 bits per heavy atom. The molecule has 0 aliphatic heterocycles. The molecule has 0 atom stereocenters. The summed E-state index contributed by atoms with van der Waals surface area (Å²) < 4.78 is 26.5. The number of aromatic carboxylic acids is 1. The molecule has 3 aromatic rings. The normalized spacial score (nSPS) is 10.5. The predicted octanol–water partition coefficient (Wildman–Crippen LogP) is 5.51. The second-order valence-electron chi connectivity index (χ2n) is 6.27. The molecule has 1 N–H and O–H groups in total. The smallest absolute Gasteiger partial charge is 0.356 e. The SMILES string of the molecule is CC.COCCCCn1c(C(=O)O)c(OCc2ccccc2)c2cc(F)ccc21. The van der Waals surface area contributed by atoms with Gasteiger partial charge in [-0.05, 0) is 36.6 Å². The third-order valence-electron chi connectivity index (χ3n) is 4.39. The molecule has 0 amide bonds. The molecule has 1 aromatic heterocycles. The molecular formula is C23H28FNO4. The van der Waals surface area contributed by atoms with E-state index in [1.54, 1.807) is 17.7 Å². The number of methoxy groups -OCH3 is 1. The van der Waals surface area contributed by atoms with Gasteiger partial charge in [-0.3, -0.25) is 0 Å². The number of aryl methyl sites for hydroxylation is 1. The number of carboxylic acids is 1. The second kappa shape index (κ2) is 11.2. The number of halogens is 1. The van der Waals surface area contributed by atoms with Crippen molar-refractivity contribution in [3.8, 4) is 5.75 Å². The highest BCUT2D eigenvalue weighted by Crippen LogP contribution is 2.35. The Morgan fingerprint density at radius 2 is 1.83 bits per heavy atom. The van der Waals surface area contributed by atoms with E-state index in [4.69, 9.17) is 9.47 Å². The first kappa shape index (κ1) is 22.4. The molecular weight excluding hydrogens is 373 g/mol. The van der Waals surface area contributed by atoms with Crippen molar-refractivity contribution in [2.75, 3.05) is 13.7 Å². The van der Waals surface area contributed by atoms with Crippen molar-refractivity contribution < 1.29 is 23.8 Å². The molecule has 6 heteroatoms. The van der Waals surface area contributed by atoms with Crippen LogP contribution < -0.4 is 4.74 Å². The molecule has 5 nitrogen and oxygen atoms in total. The van der Waals surface area contributed by atoms with Crippen molar-refractivity contribution in [2.24, 2.45) is 0 Å². The predicted molar refractivity (Wildman–Crippen MR) is 112 cm³/mol. The monoisotopic (exact) mass is 401 g/mol. The summed E-state index contributed by atoms with van der Waals surface area (Å²) >= 11 is 0. The van der Waals surface area contributed by atoms with E-state index in [0.29, 0.717) is 24.1 Å². The van der Waals surface area contributed by atoms with Crippen LogP contribution in [0.15, 0.2) is 48.5 Å². The van der Waals surface area contributed by atoms with Crippen molar-refractivity contribution in [3.63, 3.8) is 0 Å². The number of fused-ring (bicyclic) bond motifs is 1. The van der Waals surface area contributed by atoms with Gasteiger partial charge in [-0.1, -0.05) is 44.2 Å². The summed E-state index contributed by atoms with van der Waals surface area (Å²) in [6, 6.07) is 13.7. The topological polar surface area (TPSA) is 60.7 Å². The molecule has 0 radical (unpaired) electrons. The lowest BCUT2D eigenvalue weighted by molar-refractivity contribution is 0.0679. The highest BCUT2D eigenvalue weighted by Gasteiger charge is 2.24. The second-order valence-corrected chi connectivity index (χ2v) is 6.27. The Bertz CT molecular complexity index is 922. The minimum Gasteiger partial charge on any atom is -0.486 e. The Kier molecular flexibility index (Phi) is 8.68. The number of carbonyl (C=O) groups is 1. The fourth-order valence-corrected chi connectivity index (χ4v) is 3.13. The van der Waals surface area contributed by atoms with E-state index in [1.165, 1.54) is 12.1 Å². The summed E-state index contributed by atoms with van der Waals surface area (Å²) in [6.45, 7) is 5.30. The van der Waals surface area contributed by atoms with Gasteiger partial charge in [0.25, 0.3) is 0 Å². The largest absolute Gasteiger partial charge is 0.486 e. The van der Waals surface area contributed by atoms with E-state index in [0.717, 1.165) is 18.4 Å². The Hall–Kier alpha value is -2.86. The zero-order valence-electron chi connectivity index (χ0n) is 17.2. The zero-order valence-corrected chi connectivity index (χ0v) is 17.2. The van der Waals surface area contributed by atoms with E-state index in [1.807, 2.05) is 44.2 Å². The maximum Gasteiger partial charge on any atom is 0.356 e. The van der Waals surface area contributed by atoms with Crippen LogP contribution in [0, 0.1) is 5.82 Å². The van der Waals surface area contributed by atoms with Gasteiger partial charge in [0, 0.05) is 25.6 Å². The number of aromatic nitrogens is 1. The van der Waals surface area contributed by atoms with Gasteiger partial charge in [-0.2, -0.15) is 0 Å². The highest BCUT2D eigenvalue weighted by atomic mass is 19.1. The zero-order chi connectivity index (χ0) is 21.2. The fraction of sp³-hybridized carbons (Fsp3) is 0.348. The standard InChI is InChI=1S/C21H22FNO4.C2H6/c1-26-12-6-5-11-23-18-10-9-16(22)13-17(18)20(19(23)21(24)25)27-14-15-7-3-2-4-8-15;1-2/h2-4,7-10,13H,5-6,11-12,14H2,1H3,(H,24,25);1-2H3. The molecule has 2 aromatic carbocycles. The summed E-state index contributed by atoms with van der Waals surface area (Å²) in [5, 5.41) is 10.3. The first-order chi connectivity index (χ1) is 14.1. The maximum absolute atomic E-state index is 13.8. The number of rotatable bonds is 9. The highest BCUT2D eigenvalue weighted by molar-refractivity contribution is 6.01. The summed E-state index contributed by atoms with van der Waals surface area (Å²) in [5.74, 6) is -1.32. The van der Waals surface area contributed by atoms with Crippen LogP contribution in [0.4, 0.5) is 4.39 Å². The molecule has 0 bridgehead atoms. The van der Waals surface area contributed by atoms with Crippen molar-refractivity contribution in [3.05, 3.63) is 65.6 Å². The molecule has 0 saturated heterocycles. The van der Waals surface area contributed by atoms with E-state index in [-0.39, 0.29) is 18.1 Å². The van der Waals surface area contributed by atoms with Gasteiger partial charge in [-0.25, -0.2) is 9.18 Å². The average molecular weight is 401 g/mol. The van der Waals surface area contributed by atoms with Crippen LogP contribution in [0.5, 0.6) is 5.75 Å². The number of unbranched alkanes of at least 4 members (excludes halogenated alkanes) is 1. The van der Waals surface area contributed by atoms with Gasteiger partial charge in [0.15, 0.2) is 11.4 Å². The molecule has 0 saturated carbocycles. The van der Waals surface area contributed by atoms with Gasteiger partial charge < -0.3 is 19.1 Å². The molecule has 0 unspecified atom stereocenters. The van der Waals surface area contributed by atoms with Crippen molar-refractivity contribution >= 4 is 16.9 Å². The number of hydrogen-bond donors (Lipinski definition) is 1. The summed E-state index contributed by atoms with van der Waals surface area (Å²) in [5.41, 5.74) is 1.60. The third kappa shape index (κ3) is 5.57. The quantitative estimate of drug-likeness (QED) is 0.480. The summed E-state index contributed by atoms with van der Waals surface area (Å²) in [7, 11) is 1.63. The van der Waals surface area contributed by atoms with Crippen LogP contribution in [0.3, 0.4) is 0 Å². The molecule has 0 aliphatic carbocycles. The van der Waals surface area contributed by atoms with Crippen molar-refractivity contribution in [1.29, 1.82) is 0 Å². The molecule has 0 aliphatic rings. The number of carboxylic acid groups (broad SMARTS) is 1. The molecule has 3 rings (SSSR count). The van der Waals surface area contributed by atoms with Crippen LogP contribution >= 0.6 is 0 Å². The minimum absolute atomic E-state index is 0.0453. The molecule has 1 heterocycles. The number of nitrogens with zero attached hydrogens (tertiary/aromatic N) is 1. The summed E-state index contributed by atoms with van der Waals surface area (Å²) in [6.07, 6.45) is 1.55. The molecule has 156 valence electrons. The number of ether oxygens (including phenoxy) is 2. The van der Waals surface area contributed by atoms with Gasteiger partial charge in [0.1, 0.15) is 12.4 Å². The lowest BCUT2D eigenvalue weighted by Gasteiger charge is -2.10. The van der Waals surface area contributed by atoms with Crippen molar-refractivity contribution in [2.45, 2.75) is 39.8 Å².